The van der Waals surface area contributed by atoms with Crippen LogP contribution < -0.4 is 27.3 Å². The molecule has 0 aliphatic carbocycles. The number of H-pyrrole nitrogens is 1. The first-order chi connectivity index (χ1) is 10.7. The molecule has 0 fully saturated rings. The predicted molar refractivity (Wildman–Crippen MR) is 81.9 cm³/mol. The van der Waals surface area contributed by atoms with Gasteiger partial charge in [0.05, 0.1) is 18.1 Å². The molecule has 0 spiro atoms. The third-order valence-corrected chi connectivity index (χ3v) is 3.98. The third-order valence-electron chi connectivity index (χ3n) is 3.23. The van der Waals surface area contributed by atoms with Gasteiger partial charge in [-0.1, -0.05) is 0 Å². The van der Waals surface area contributed by atoms with E-state index in [0.717, 1.165) is 27.9 Å². The molecule has 4 aromatic rings. The number of hydrogen-bond donors (Lipinski definition) is 1. The topological polar surface area (TPSA) is 87.1 Å². The van der Waals surface area contributed by atoms with Crippen molar-refractivity contribution in [1.82, 2.24) is 28.5 Å². The molecular formula is C13H13BrN8S. The maximum atomic E-state index is 4.48. The molecule has 0 bridgehead atoms. The summed E-state index contributed by atoms with van der Waals surface area (Å²) in [6, 6.07) is 0. The minimum absolute atomic E-state index is 0. The van der Waals surface area contributed by atoms with Crippen molar-refractivity contribution in [2.24, 2.45) is 7.05 Å². The molecule has 0 aliphatic rings. The number of rotatable bonds is 3. The van der Waals surface area contributed by atoms with E-state index < -0.39 is 0 Å². The van der Waals surface area contributed by atoms with Gasteiger partial charge in [-0.3, -0.25) is 9.08 Å². The first kappa shape index (κ1) is 15.6. The summed E-state index contributed by atoms with van der Waals surface area (Å²) in [5.41, 5.74) is 2.73. The van der Waals surface area contributed by atoms with Crippen LogP contribution in [0.2, 0.25) is 0 Å². The van der Waals surface area contributed by atoms with Gasteiger partial charge in [-0.25, -0.2) is 20.3 Å². The Morgan fingerprint density at radius 3 is 2.83 bits per heavy atom. The third kappa shape index (κ3) is 2.82. The van der Waals surface area contributed by atoms with Crippen molar-refractivity contribution >= 4 is 28.1 Å². The van der Waals surface area contributed by atoms with Crippen LogP contribution in [0.25, 0.3) is 16.9 Å². The van der Waals surface area contributed by atoms with Gasteiger partial charge in [-0.2, -0.15) is 5.10 Å². The smallest absolute Gasteiger partial charge is 0.317 e. The fraction of sp³-hybridized carbons (Fsp3) is 0.154. The van der Waals surface area contributed by atoms with E-state index in [4.69, 9.17) is 0 Å². The van der Waals surface area contributed by atoms with Crippen LogP contribution >= 0.6 is 11.5 Å². The van der Waals surface area contributed by atoms with Crippen molar-refractivity contribution in [2.45, 2.75) is 6.92 Å². The van der Waals surface area contributed by atoms with Crippen molar-refractivity contribution in [3.8, 4) is 11.3 Å². The maximum Gasteiger partial charge on any atom is 0.317 e. The molecule has 2 N–H and O–H groups in total. The highest BCUT2D eigenvalue weighted by atomic mass is 79.9. The Morgan fingerprint density at radius 1 is 1.26 bits per heavy atom. The average Bonchev–Trinajstić information content (AvgIpc) is 3.19. The van der Waals surface area contributed by atoms with E-state index in [0.29, 0.717) is 5.82 Å². The van der Waals surface area contributed by atoms with Gasteiger partial charge in [0.1, 0.15) is 11.5 Å². The van der Waals surface area contributed by atoms with E-state index in [1.165, 1.54) is 11.5 Å². The number of aromatic amines is 1. The predicted octanol–water partition coefficient (Wildman–Crippen LogP) is -1.54. The molecule has 0 radical (unpaired) electrons. The van der Waals surface area contributed by atoms with Gasteiger partial charge in [-0.05, 0) is 4.37 Å². The van der Waals surface area contributed by atoms with E-state index in [-0.39, 0.29) is 17.0 Å². The summed E-state index contributed by atoms with van der Waals surface area (Å²) in [6.45, 7) is 1.91. The first-order valence-electron chi connectivity index (χ1n) is 6.64. The number of imidazole rings is 1. The number of hydrogen-bond acceptors (Lipinski definition) is 6. The zero-order chi connectivity index (χ0) is 15.1. The van der Waals surface area contributed by atoms with Crippen LogP contribution in [-0.2, 0) is 7.05 Å². The molecule has 0 saturated heterocycles. The van der Waals surface area contributed by atoms with Gasteiger partial charge in [0.2, 0.25) is 11.6 Å². The standard InChI is InChI=1S/C13H12N8S.BrH/c1-8-17-13(22-19-8)18-11-12-15-6-10(21(12)4-3-14-11)9-5-16-20(2)7-9;/h3-7H,1-2H3,(H,14,17,18,19);1H. The molecule has 0 amide bonds. The van der Waals surface area contributed by atoms with Gasteiger partial charge in [-0.15, -0.1) is 0 Å². The van der Waals surface area contributed by atoms with Crippen molar-refractivity contribution in [1.29, 1.82) is 0 Å². The molecule has 10 heteroatoms. The van der Waals surface area contributed by atoms with E-state index in [1.54, 1.807) is 10.9 Å². The lowest BCUT2D eigenvalue weighted by molar-refractivity contribution is -0.367. The summed E-state index contributed by atoms with van der Waals surface area (Å²) in [6.07, 6.45) is 9.22. The Bertz CT molecular complexity index is 956. The molecule has 4 rings (SSSR count). The second kappa shape index (κ2) is 6.05. The Balaban J connectivity index is 0.00000156. The number of fused-ring (bicyclic) bond motifs is 1. The highest BCUT2D eigenvalue weighted by Gasteiger charge is 2.15. The molecule has 0 aliphatic heterocycles. The first-order valence-corrected chi connectivity index (χ1v) is 7.42. The lowest BCUT2D eigenvalue weighted by atomic mass is 10.3. The molecule has 0 aromatic carbocycles. The molecule has 23 heavy (non-hydrogen) atoms. The summed E-state index contributed by atoms with van der Waals surface area (Å²) in [5, 5.41) is 8.25. The second-order valence-electron chi connectivity index (χ2n) is 4.86. The Morgan fingerprint density at radius 2 is 2.13 bits per heavy atom. The minimum atomic E-state index is 0. The summed E-state index contributed by atoms with van der Waals surface area (Å²) in [7, 11) is 1.89. The summed E-state index contributed by atoms with van der Waals surface area (Å²) < 4.78 is 7.96. The van der Waals surface area contributed by atoms with Crippen LogP contribution in [0.1, 0.15) is 5.82 Å². The Kier molecular flexibility index (Phi) is 4.09. The monoisotopic (exact) mass is 392 g/mol. The molecule has 0 atom stereocenters. The number of halogens is 1. The normalized spacial score (nSPS) is 10.7. The molecule has 0 saturated carbocycles. The number of aryl methyl sites for hydroxylation is 2. The fourth-order valence-corrected chi connectivity index (χ4v) is 2.87. The number of nitrogens with one attached hydrogen (secondary N) is 2. The SMILES string of the molecule is Cc1nsc(Nc2nccn3c(-c4cnn(C)c4)cnc23)[nH+]1.[Br-]. The summed E-state index contributed by atoms with van der Waals surface area (Å²) in [5.74, 6) is 1.54. The van der Waals surface area contributed by atoms with Crippen molar-refractivity contribution in [3.05, 3.63) is 36.8 Å². The molecule has 0 unspecified atom stereocenters. The Hall–Kier alpha value is -2.33. The average molecular weight is 393 g/mol. The molecule has 8 nitrogen and oxygen atoms in total. The number of nitrogens with zero attached hydrogens (tertiary/aromatic N) is 6. The van der Waals surface area contributed by atoms with E-state index in [2.05, 4.69) is 29.7 Å². The van der Waals surface area contributed by atoms with Gasteiger partial charge < -0.3 is 17.0 Å². The van der Waals surface area contributed by atoms with Crippen LogP contribution in [-0.4, -0.2) is 28.5 Å². The number of aromatic nitrogens is 7. The lowest BCUT2D eigenvalue weighted by Crippen LogP contribution is -3.00. The van der Waals surface area contributed by atoms with Crippen molar-refractivity contribution in [2.75, 3.05) is 5.32 Å². The quantitative estimate of drug-likeness (QED) is 0.456. The Labute approximate surface area is 146 Å². The van der Waals surface area contributed by atoms with Crippen LogP contribution in [0.4, 0.5) is 10.9 Å². The maximum absolute atomic E-state index is 4.48. The van der Waals surface area contributed by atoms with Crippen molar-refractivity contribution < 1.29 is 22.0 Å². The summed E-state index contributed by atoms with van der Waals surface area (Å²) >= 11 is 1.35. The fourth-order valence-electron chi connectivity index (χ4n) is 2.26. The molecule has 118 valence electrons. The molecular weight excluding hydrogens is 380 g/mol. The van der Waals surface area contributed by atoms with Crippen LogP contribution in [0.5, 0.6) is 0 Å². The van der Waals surface area contributed by atoms with Gasteiger partial charge in [0.15, 0.2) is 5.65 Å². The second-order valence-corrected chi connectivity index (χ2v) is 5.64. The van der Waals surface area contributed by atoms with Crippen LogP contribution in [0, 0.1) is 6.92 Å². The van der Waals surface area contributed by atoms with Gasteiger partial charge in [0.25, 0.3) is 0 Å². The van der Waals surface area contributed by atoms with Crippen LogP contribution in [0.3, 0.4) is 0 Å². The molecule has 4 heterocycles. The number of anilines is 2. The highest BCUT2D eigenvalue weighted by molar-refractivity contribution is 7.09. The zero-order valence-corrected chi connectivity index (χ0v) is 14.8. The van der Waals surface area contributed by atoms with Crippen LogP contribution in [0.15, 0.2) is 31.0 Å². The van der Waals surface area contributed by atoms with E-state index in [1.807, 2.05) is 43.2 Å². The van der Waals surface area contributed by atoms with E-state index in [9.17, 15) is 0 Å². The highest BCUT2D eigenvalue weighted by Crippen LogP contribution is 2.24. The zero-order valence-electron chi connectivity index (χ0n) is 12.4. The lowest BCUT2D eigenvalue weighted by Gasteiger charge is -2.01. The van der Waals surface area contributed by atoms with Gasteiger partial charge in [0, 0.05) is 38.1 Å². The van der Waals surface area contributed by atoms with Gasteiger partial charge >= 0.3 is 5.13 Å². The van der Waals surface area contributed by atoms with Crippen molar-refractivity contribution in [3.63, 3.8) is 0 Å². The minimum Gasteiger partial charge on any atom is -1.00 e. The largest absolute Gasteiger partial charge is 1.00 e. The molecule has 4 aromatic heterocycles. The van der Waals surface area contributed by atoms with E-state index >= 15 is 0 Å². The summed E-state index contributed by atoms with van der Waals surface area (Å²) in [4.78, 5) is 12.0.